The van der Waals surface area contributed by atoms with Gasteiger partial charge in [-0.05, 0) is 6.42 Å². The van der Waals surface area contributed by atoms with E-state index in [0.717, 1.165) is 5.88 Å². The molecule has 0 fully saturated rings. The van der Waals surface area contributed by atoms with Crippen molar-refractivity contribution in [2.45, 2.75) is 26.2 Å². The van der Waals surface area contributed by atoms with Crippen LogP contribution in [0.5, 0.6) is 0 Å². The summed E-state index contributed by atoms with van der Waals surface area (Å²) in [4.78, 5) is 0. The molecule has 0 aromatic carbocycles. The maximum absolute atomic E-state index is 9.09. The number of unbranched alkanes of at least 4 members (excludes halogenated alkanes) is 2. The van der Waals surface area contributed by atoms with E-state index in [1.54, 1.807) is 0 Å². The molecule has 0 radical (unpaired) electrons. The van der Waals surface area contributed by atoms with E-state index in [4.69, 9.17) is 16.2 Å². The van der Waals surface area contributed by atoms with Gasteiger partial charge in [-0.1, -0.05) is 19.8 Å². The smallest absolute Gasteiger partial charge is 0.198 e. The standard InChI is InChI=1S/C5H11Cl.Cl2OS/c1-2-3-4-5-6;1-4(2)3/h2-5H2,1H3;. The van der Waals surface area contributed by atoms with E-state index in [2.05, 4.69) is 28.3 Å². The van der Waals surface area contributed by atoms with Gasteiger partial charge in [0.1, 0.15) is 0 Å². The van der Waals surface area contributed by atoms with Crippen molar-refractivity contribution in [1.29, 1.82) is 0 Å². The lowest BCUT2D eigenvalue weighted by Crippen LogP contribution is -1.70. The molecule has 10 heavy (non-hydrogen) atoms. The largest absolute Gasteiger partial charge is 0.582 e. The molecule has 0 unspecified atom stereocenters. The predicted octanol–water partition coefficient (Wildman–Crippen LogP) is 3.46. The molecule has 0 aromatic heterocycles. The zero-order valence-corrected chi connectivity index (χ0v) is 8.86. The molecule has 0 aliphatic heterocycles. The minimum Gasteiger partial charge on any atom is -0.582 e. The van der Waals surface area contributed by atoms with Crippen LogP contribution in [0.4, 0.5) is 0 Å². The van der Waals surface area contributed by atoms with Gasteiger partial charge in [-0.3, -0.25) is 0 Å². The summed E-state index contributed by atoms with van der Waals surface area (Å²) in [5.41, 5.74) is 0. The van der Waals surface area contributed by atoms with E-state index in [-0.39, 0.29) is 0 Å². The summed E-state index contributed by atoms with van der Waals surface area (Å²) in [6.07, 6.45) is 3.73. The molecule has 0 bridgehead atoms. The first-order valence-electron chi connectivity index (χ1n) is 2.95. The quantitative estimate of drug-likeness (QED) is 0.410. The second-order valence-electron chi connectivity index (χ2n) is 1.58. The van der Waals surface area contributed by atoms with Crippen molar-refractivity contribution in [3.63, 3.8) is 0 Å². The first kappa shape index (κ1) is 13.7. The van der Waals surface area contributed by atoms with Gasteiger partial charge < -0.3 is 4.55 Å². The molecular weight excluding hydrogens is 214 g/mol. The molecule has 5 heteroatoms. The lowest BCUT2D eigenvalue weighted by atomic mass is 10.3. The van der Waals surface area contributed by atoms with Gasteiger partial charge in [0, 0.05) is 5.88 Å². The molecule has 0 saturated carbocycles. The fraction of sp³-hybridized carbons (Fsp3) is 1.00. The molecule has 0 aromatic rings. The van der Waals surface area contributed by atoms with Crippen molar-refractivity contribution >= 4 is 42.6 Å². The fourth-order valence-electron chi connectivity index (χ4n) is 0.344. The van der Waals surface area contributed by atoms with Crippen LogP contribution in [0.2, 0.25) is 0 Å². The van der Waals surface area contributed by atoms with Gasteiger partial charge in [0.2, 0.25) is 0 Å². The highest BCUT2D eigenvalue weighted by Gasteiger charge is 1.83. The average molecular weight is 226 g/mol. The normalized spacial score (nSPS) is 9.00. The third-order valence-electron chi connectivity index (χ3n) is 0.737. The third kappa shape index (κ3) is 35.2. The van der Waals surface area contributed by atoms with Gasteiger partial charge in [0.05, 0.1) is 0 Å². The van der Waals surface area contributed by atoms with Gasteiger partial charge in [0.15, 0.2) is 31.0 Å². The third-order valence-corrected chi connectivity index (χ3v) is 1.00. The van der Waals surface area contributed by atoms with Crippen molar-refractivity contribution in [1.82, 2.24) is 0 Å². The summed E-state index contributed by atoms with van der Waals surface area (Å²) in [6.45, 7) is 2.17. The fourth-order valence-corrected chi connectivity index (χ4v) is 0.533. The molecule has 0 heterocycles. The van der Waals surface area contributed by atoms with Crippen molar-refractivity contribution in [2.24, 2.45) is 0 Å². The number of halogens is 3. The van der Waals surface area contributed by atoms with Crippen molar-refractivity contribution < 1.29 is 4.55 Å². The van der Waals surface area contributed by atoms with E-state index in [9.17, 15) is 0 Å². The highest BCUT2D eigenvalue weighted by atomic mass is 36.0. The van der Waals surface area contributed by atoms with Crippen LogP contribution < -0.4 is 0 Å². The highest BCUT2D eigenvalue weighted by molar-refractivity contribution is 8.31. The summed E-state index contributed by atoms with van der Waals surface area (Å²) in [5.74, 6) is 0.827. The van der Waals surface area contributed by atoms with Crippen LogP contribution in [0.15, 0.2) is 0 Å². The summed E-state index contributed by atoms with van der Waals surface area (Å²) < 4.78 is 9.09. The Labute approximate surface area is 79.2 Å². The maximum Gasteiger partial charge on any atom is 0.198 e. The van der Waals surface area contributed by atoms with Crippen molar-refractivity contribution in [3.05, 3.63) is 0 Å². The lowest BCUT2D eigenvalue weighted by molar-refractivity contribution is 0.620. The Kier molecular flexibility index (Phi) is 17.6. The number of rotatable bonds is 3. The summed E-state index contributed by atoms with van der Waals surface area (Å²) in [6, 6.07) is 0. The van der Waals surface area contributed by atoms with Crippen molar-refractivity contribution in [3.8, 4) is 0 Å². The van der Waals surface area contributed by atoms with Crippen LogP contribution in [0.1, 0.15) is 26.2 Å². The Morgan fingerprint density at radius 3 is 1.80 bits per heavy atom. The van der Waals surface area contributed by atoms with Crippen LogP contribution >= 0.6 is 33.0 Å². The van der Waals surface area contributed by atoms with Crippen LogP contribution in [-0.4, -0.2) is 10.4 Å². The first-order chi connectivity index (χ1) is 4.65. The molecule has 64 valence electrons. The Morgan fingerprint density at radius 2 is 1.70 bits per heavy atom. The van der Waals surface area contributed by atoms with E-state index in [0.29, 0.717) is 0 Å². The van der Waals surface area contributed by atoms with Crippen LogP contribution in [0, 0.1) is 0 Å². The van der Waals surface area contributed by atoms with Crippen molar-refractivity contribution in [2.75, 3.05) is 5.88 Å². The Hall–Kier alpha value is 1.18. The topological polar surface area (TPSA) is 23.1 Å². The highest BCUT2D eigenvalue weighted by Crippen LogP contribution is 1.98. The van der Waals surface area contributed by atoms with Gasteiger partial charge in [-0.2, -0.15) is 0 Å². The molecule has 0 spiro atoms. The molecular formula is C5H11Cl3OS. The Bertz CT molecular complexity index is 47.4. The molecule has 1 nitrogen and oxygen atoms in total. The molecule has 0 aliphatic rings. The number of alkyl halides is 1. The van der Waals surface area contributed by atoms with Gasteiger partial charge in [0.25, 0.3) is 0 Å². The molecule has 0 aliphatic carbocycles. The van der Waals surface area contributed by atoms with E-state index >= 15 is 0 Å². The van der Waals surface area contributed by atoms with E-state index in [1.165, 1.54) is 19.3 Å². The second kappa shape index (κ2) is 12.8. The zero-order chi connectivity index (χ0) is 8.41. The summed E-state index contributed by atoms with van der Waals surface area (Å²) in [7, 11) is 7.36. The Balaban J connectivity index is 0. The second-order valence-corrected chi connectivity index (χ2v) is 4.48. The van der Waals surface area contributed by atoms with Gasteiger partial charge in [-0.25, -0.2) is 0 Å². The van der Waals surface area contributed by atoms with E-state index < -0.39 is 9.60 Å². The summed E-state index contributed by atoms with van der Waals surface area (Å²) in [5, 5.41) is 0. The number of hydrogen-bond donors (Lipinski definition) is 0. The lowest BCUT2D eigenvalue weighted by Gasteiger charge is -1.84. The minimum absolute atomic E-state index is 0.827. The first-order valence-corrected chi connectivity index (χ1v) is 6.29. The zero-order valence-electron chi connectivity index (χ0n) is 5.78. The molecule has 0 N–H and O–H groups in total. The molecule has 0 atom stereocenters. The monoisotopic (exact) mass is 224 g/mol. The maximum atomic E-state index is 9.09. The summed E-state index contributed by atoms with van der Waals surface area (Å²) >= 11 is 5.38. The SMILES string of the molecule is CCCCCCl.[O-][S+](Cl)Cl. The average Bonchev–Trinajstić information content (AvgIpc) is 1.82. The van der Waals surface area contributed by atoms with Crippen LogP contribution in [0.3, 0.4) is 0 Å². The van der Waals surface area contributed by atoms with E-state index in [1.807, 2.05) is 0 Å². The van der Waals surface area contributed by atoms with Crippen LogP contribution in [-0.2, 0) is 9.60 Å². The van der Waals surface area contributed by atoms with Gasteiger partial charge >= 0.3 is 0 Å². The Morgan fingerprint density at radius 1 is 1.30 bits per heavy atom. The van der Waals surface area contributed by atoms with Crippen LogP contribution in [0.25, 0.3) is 0 Å². The number of hydrogen-bond acceptors (Lipinski definition) is 1. The minimum atomic E-state index is -1.67. The molecule has 0 rings (SSSR count). The predicted molar refractivity (Wildman–Crippen MR) is 50.1 cm³/mol. The molecule has 0 saturated heterocycles. The molecule has 0 amide bonds. The van der Waals surface area contributed by atoms with Gasteiger partial charge in [-0.15, -0.1) is 11.6 Å².